The molecule has 1 N–H and O–H groups in total. The molecule has 0 spiro atoms. The maximum atomic E-state index is 11.7. The van der Waals surface area contributed by atoms with Gasteiger partial charge in [-0.25, -0.2) is 0 Å². The summed E-state index contributed by atoms with van der Waals surface area (Å²) in [5.41, 5.74) is -0.298. The zero-order valence-electron chi connectivity index (χ0n) is 9.51. The van der Waals surface area contributed by atoms with E-state index in [-0.39, 0.29) is 28.7 Å². The lowest BCUT2D eigenvalue weighted by molar-refractivity contribution is -0.384. The third-order valence-electron chi connectivity index (χ3n) is 2.21. The zero-order valence-corrected chi connectivity index (χ0v) is 10.3. The Morgan fingerprint density at radius 2 is 2.33 bits per heavy atom. The number of nitriles is 1. The molecule has 1 unspecified atom stereocenters. The maximum absolute atomic E-state index is 11.7. The number of hydrogen-bond donors (Lipinski definition) is 1. The van der Waals surface area contributed by atoms with Crippen LogP contribution in [0.15, 0.2) is 18.2 Å². The summed E-state index contributed by atoms with van der Waals surface area (Å²) in [6.45, 7) is 1.81. The van der Waals surface area contributed by atoms with Crippen LogP contribution < -0.4 is 5.32 Å². The number of nitro groups is 1. The quantitative estimate of drug-likeness (QED) is 0.667. The predicted octanol–water partition coefficient (Wildman–Crippen LogP) is 2.14. The molecule has 1 aromatic rings. The summed E-state index contributed by atoms with van der Waals surface area (Å²) in [5, 5.41) is 21.5. The summed E-state index contributed by atoms with van der Waals surface area (Å²) >= 11 is 5.78. The Bertz CT molecular complexity index is 525. The Morgan fingerprint density at radius 1 is 1.67 bits per heavy atom. The normalized spacial score (nSPS) is 11.4. The van der Waals surface area contributed by atoms with Crippen LogP contribution in [0.3, 0.4) is 0 Å². The van der Waals surface area contributed by atoms with Gasteiger partial charge in [0.05, 0.1) is 22.5 Å². The highest BCUT2D eigenvalue weighted by Crippen LogP contribution is 2.27. The molecule has 94 valence electrons. The average molecular weight is 268 g/mol. The largest absolute Gasteiger partial charge is 0.351 e. The third-order valence-corrected chi connectivity index (χ3v) is 2.61. The van der Waals surface area contributed by atoms with Gasteiger partial charge in [-0.3, -0.25) is 14.9 Å². The topological polar surface area (TPSA) is 96.0 Å². The molecule has 18 heavy (non-hydrogen) atoms. The van der Waals surface area contributed by atoms with Crippen molar-refractivity contribution in [1.82, 2.24) is 5.32 Å². The van der Waals surface area contributed by atoms with E-state index in [0.717, 1.165) is 0 Å². The number of nitrogens with one attached hydrogen (secondary N) is 1. The van der Waals surface area contributed by atoms with Crippen LogP contribution in [0.25, 0.3) is 0 Å². The smallest absolute Gasteiger partial charge is 0.288 e. The highest BCUT2D eigenvalue weighted by molar-refractivity contribution is 6.35. The van der Waals surface area contributed by atoms with Gasteiger partial charge in [0, 0.05) is 12.6 Å². The van der Waals surface area contributed by atoms with Crippen molar-refractivity contribution in [2.75, 3.05) is 6.54 Å². The summed E-state index contributed by atoms with van der Waals surface area (Å²) in [5.74, 6) is -0.878. The molecule has 0 fully saturated rings. The van der Waals surface area contributed by atoms with Crippen LogP contribution in [0.4, 0.5) is 5.69 Å². The van der Waals surface area contributed by atoms with Gasteiger partial charge in [-0.1, -0.05) is 17.7 Å². The van der Waals surface area contributed by atoms with Gasteiger partial charge in [0.2, 0.25) is 0 Å². The molecule has 1 atom stereocenters. The van der Waals surface area contributed by atoms with Gasteiger partial charge in [-0.05, 0) is 13.0 Å². The number of benzene rings is 1. The summed E-state index contributed by atoms with van der Waals surface area (Å²) < 4.78 is 0. The Kier molecular flexibility index (Phi) is 4.63. The second-order valence-corrected chi connectivity index (χ2v) is 4.01. The fourth-order valence-corrected chi connectivity index (χ4v) is 1.50. The van der Waals surface area contributed by atoms with Crippen LogP contribution in [-0.2, 0) is 0 Å². The number of amides is 1. The standard InChI is InChI=1S/C11H10ClN3O3/c1-7(5-13)6-14-11(16)8-3-2-4-9(10(8)12)15(17)18/h2-4,7H,6H2,1H3,(H,14,16). The van der Waals surface area contributed by atoms with E-state index in [1.807, 2.05) is 6.07 Å². The van der Waals surface area contributed by atoms with E-state index in [1.54, 1.807) is 6.92 Å². The molecule has 0 aliphatic rings. The highest BCUT2D eigenvalue weighted by atomic mass is 35.5. The Morgan fingerprint density at radius 3 is 2.89 bits per heavy atom. The minimum absolute atomic E-state index is 0.0241. The molecule has 6 nitrogen and oxygen atoms in total. The lowest BCUT2D eigenvalue weighted by Gasteiger charge is -2.07. The number of halogens is 1. The maximum Gasteiger partial charge on any atom is 0.288 e. The molecule has 1 amide bonds. The molecule has 0 aliphatic heterocycles. The number of nitro benzene ring substituents is 1. The average Bonchev–Trinajstić information content (AvgIpc) is 2.35. The molecule has 1 aromatic carbocycles. The predicted molar refractivity (Wildman–Crippen MR) is 65.2 cm³/mol. The van der Waals surface area contributed by atoms with Crippen LogP contribution in [0.5, 0.6) is 0 Å². The minimum atomic E-state index is -0.656. The molecular formula is C11H10ClN3O3. The SMILES string of the molecule is CC(C#N)CNC(=O)c1cccc([N+](=O)[O-])c1Cl. The molecule has 0 saturated heterocycles. The fraction of sp³-hybridized carbons (Fsp3) is 0.273. The van der Waals surface area contributed by atoms with Crippen molar-refractivity contribution >= 4 is 23.2 Å². The Hall–Kier alpha value is -2.13. The second kappa shape index (κ2) is 5.98. The van der Waals surface area contributed by atoms with Crippen molar-refractivity contribution in [3.05, 3.63) is 38.9 Å². The first-order valence-electron chi connectivity index (χ1n) is 5.08. The van der Waals surface area contributed by atoms with Crippen LogP contribution in [-0.4, -0.2) is 17.4 Å². The summed E-state index contributed by atoms with van der Waals surface area (Å²) in [6.07, 6.45) is 0. The molecule has 7 heteroatoms. The second-order valence-electron chi connectivity index (χ2n) is 3.64. The van der Waals surface area contributed by atoms with E-state index in [0.29, 0.717) is 0 Å². The van der Waals surface area contributed by atoms with Crippen molar-refractivity contribution in [2.24, 2.45) is 5.92 Å². The minimum Gasteiger partial charge on any atom is -0.351 e. The molecule has 0 aliphatic carbocycles. The first-order chi connectivity index (χ1) is 8.47. The molecule has 0 aromatic heterocycles. The summed E-state index contributed by atoms with van der Waals surface area (Å²) in [4.78, 5) is 21.7. The lowest BCUT2D eigenvalue weighted by atomic mass is 10.1. The van der Waals surface area contributed by atoms with Gasteiger partial charge in [0.1, 0.15) is 5.02 Å². The molecule has 0 bridgehead atoms. The van der Waals surface area contributed by atoms with Gasteiger partial charge in [0.15, 0.2) is 0 Å². The van der Waals surface area contributed by atoms with Gasteiger partial charge in [0.25, 0.3) is 11.6 Å². The summed E-state index contributed by atoms with van der Waals surface area (Å²) in [6, 6.07) is 5.95. The van der Waals surface area contributed by atoms with Gasteiger partial charge in [-0.15, -0.1) is 0 Å². The van der Waals surface area contributed by atoms with Crippen molar-refractivity contribution < 1.29 is 9.72 Å². The number of carbonyl (C=O) groups is 1. The lowest BCUT2D eigenvalue weighted by Crippen LogP contribution is -2.28. The number of rotatable bonds is 4. The monoisotopic (exact) mass is 267 g/mol. The van der Waals surface area contributed by atoms with E-state index in [9.17, 15) is 14.9 Å². The summed E-state index contributed by atoms with van der Waals surface area (Å²) in [7, 11) is 0. The third kappa shape index (κ3) is 3.18. The molecule has 0 saturated carbocycles. The van der Waals surface area contributed by atoms with E-state index < -0.39 is 10.8 Å². The molecular weight excluding hydrogens is 258 g/mol. The van der Waals surface area contributed by atoms with Crippen LogP contribution in [0.1, 0.15) is 17.3 Å². The van der Waals surface area contributed by atoms with Crippen molar-refractivity contribution in [2.45, 2.75) is 6.92 Å². The zero-order chi connectivity index (χ0) is 13.7. The fourth-order valence-electron chi connectivity index (χ4n) is 1.22. The first kappa shape index (κ1) is 13.9. The molecule has 0 radical (unpaired) electrons. The Labute approximate surface area is 108 Å². The molecule has 1 rings (SSSR count). The van der Waals surface area contributed by atoms with Crippen molar-refractivity contribution in [1.29, 1.82) is 5.26 Å². The number of nitrogens with zero attached hydrogens (tertiary/aromatic N) is 2. The molecule has 0 heterocycles. The van der Waals surface area contributed by atoms with E-state index in [4.69, 9.17) is 16.9 Å². The van der Waals surface area contributed by atoms with Gasteiger partial charge in [-0.2, -0.15) is 5.26 Å². The highest BCUT2D eigenvalue weighted by Gasteiger charge is 2.19. The van der Waals surface area contributed by atoms with E-state index >= 15 is 0 Å². The van der Waals surface area contributed by atoms with Gasteiger partial charge >= 0.3 is 0 Å². The van der Waals surface area contributed by atoms with E-state index in [1.165, 1.54) is 18.2 Å². The number of carbonyl (C=O) groups excluding carboxylic acids is 1. The van der Waals surface area contributed by atoms with E-state index in [2.05, 4.69) is 5.32 Å². The van der Waals surface area contributed by atoms with Crippen molar-refractivity contribution in [3.63, 3.8) is 0 Å². The van der Waals surface area contributed by atoms with Crippen LogP contribution >= 0.6 is 11.6 Å². The van der Waals surface area contributed by atoms with Crippen molar-refractivity contribution in [3.8, 4) is 6.07 Å². The Balaban J connectivity index is 2.91. The van der Waals surface area contributed by atoms with Crippen LogP contribution in [0, 0.1) is 27.4 Å². The number of hydrogen-bond acceptors (Lipinski definition) is 4. The first-order valence-corrected chi connectivity index (χ1v) is 5.46. The van der Waals surface area contributed by atoms with Gasteiger partial charge < -0.3 is 5.32 Å². The van der Waals surface area contributed by atoms with Crippen LogP contribution in [0.2, 0.25) is 5.02 Å².